The highest BCUT2D eigenvalue weighted by atomic mass is 16.5. The maximum Gasteiger partial charge on any atom is 0.287 e. The minimum atomic E-state index is -0.911. The first-order chi connectivity index (χ1) is 12.1. The standard InChI is InChI=1S/C18H30N4O3/c1-3-7-16-19-22(14(2)23)18(25-16)17(24)21-12-8-15(9-13-21)20-10-5-4-6-11-20/h15,18H,3-13H2,1-2H3. The molecule has 1 unspecified atom stereocenters. The van der Waals surface area contributed by atoms with Crippen molar-refractivity contribution in [1.82, 2.24) is 14.8 Å². The largest absolute Gasteiger partial charge is 0.444 e. The SMILES string of the molecule is CCCC1=NN(C(C)=O)C(C(=O)N2CCC(N3CCCCC3)CC2)O1. The summed E-state index contributed by atoms with van der Waals surface area (Å²) in [6.45, 7) is 7.28. The van der Waals surface area contributed by atoms with Crippen molar-refractivity contribution in [3.05, 3.63) is 0 Å². The molecule has 7 nitrogen and oxygen atoms in total. The van der Waals surface area contributed by atoms with Gasteiger partial charge in [0.1, 0.15) is 0 Å². The van der Waals surface area contributed by atoms with Gasteiger partial charge in [-0.05, 0) is 45.2 Å². The number of carbonyl (C=O) groups is 2. The number of amides is 2. The fourth-order valence-corrected chi connectivity index (χ4v) is 3.98. The maximum atomic E-state index is 12.9. The molecule has 2 saturated heterocycles. The first kappa shape index (κ1) is 18.2. The molecule has 3 aliphatic rings. The minimum Gasteiger partial charge on any atom is -0.444 e. The molecule has 25 heavy (non-hydrogen) atoms. The van der Waals surface area contributed by atoms with E-state index in [1.54, 1.807) is 0 Å². The molecule has 3 rings (SSSR count). The highest BCUT2D eigenvalue weighted by molar-refractivity contribution is 5.91. The molecule has 2 fully saturated rings. The van der Waals surface area contributed by atoms with Gasteiger partial charge < -0.3 is 14.5 Å². The van der Waals surface area contributed by atoms with Crippen LogP contribution in [0.5, 0.6) is 0 Å². The molecule has 0 spiro atoms. The highest BCUT2D eigenvalue weighted by Gasteiger charge is 2.40. The molecule has 3 heterocycles. The van der Waals surface area contributed by atoms with E-state index in [2.05, 4.69) is 10.0 Å². The number of hydrogen-bond acceptors (Lipinski definition) is 5. The molecule has 0 radical (unpaired) electrons. The van der Waals surface area contributed by atoms with E-state index >= 15 is 0 Å². The summed E-state index contributed by atoms with van der Waals surface area (Å²) in [5.74, 6) is 0.0917. The average Bonchev–Trinajstić information content (AvgIpc) is 3.07. The predicted molar refractivity (Wildman–Crippen MR) is 94.8 cm³/mol. The molecule has 0 saturated carbocycles. The Balaban J connectivity index is 1.55. The van der Waals surface area contributed by atoms with Crippen LogP contribution in [0.4, 0.5) is 0 Å². The van der Waals surface area contributed by atoms with E-state index in [9.17, 15) is 9.59 Å². The second-order valence-electron chi connectivity index (χ2n) is 7.23. The Hall–Kier alpha value is -1.63. The van der Waals surface area contributed by atoms with E-state index in [1.165, 1.54) is 44.3 Å². The van der Waals surface area contributed by atoms with Crippen LogP contribution in [0.15, 0.2) is 5.10 Å². The van der Waals surface area contributed by atoms with Crippen LogP contribution < -0.4 is 0 Å². The molecule has 0 aromatic heterocycles. The Morgan fingerprint density at radius 2 is 1.80 bits per heavy atom. The third-order valence-corrected chi connectivity index (χ3v) is 5.37. The van der Waals surface area contributed by atoms with Crippen molar-refractivity contribution in [2.75, 3.05) is 26.2 Å². The van der Waals surface area contributed by atoms with Crippen LogP contribution in [0, 0.1) is 0 Å². The Bertz CT molecular complexity index is 522. The molecular weight excluding hydrogens is 320 g/mol. The van der Waals surface area contributed by atoms with E-state index in [0.29, 0.717) is 18.4 Å². The van der Waals surface area contributed by atoms with Gasteiger partial charge >= 0.3 is 0 Å². The number of carbonyl (C=O) groups excluding carboxylic acids is 2. The molecule has 0 aliphatic carbocycles. The fourth-order valence-electron chi connectivity index (χ4n) is 3.98. The lowest BCUT2D eigenvalue weighted by atomic mass is 10.00. The molecule has 1 atom stereocenters. The summed E-state index contributed by atoms with van der Waals surface area (Å²) >= 11 is 0. The monoisotopic (exact) mass is 350 g/mol. The molecule has 7 heteroatoms. The van der Waals surface area contributed by atoms with Crippen molar-refractivity contribution in [3.8, 4) is 0 Å². The van der Waals surface area contributed by atoms with Crippen molar-refractivity contribution in [2.45, 2.75) is 71.1 Å². The molecule has 0 aromatic carbocycles. The van der Waals surface area contributed by atoms with Crippen LogP contribution in [0.25, 0.3) is 0 Å². The third-order valence-electron chi connectivity index (χ3n) is 5.37. The maximum absolute atomic E-state index is 12.9. The summed E-state index contributed by atoms with van der Waals surface area (Å²) in [5.41, 5.74) is 0. The van der Waals surface area contributed by atoms with Gasteiger partial charge in [0.15, 0.2) is 0 Å². The van der Waals surface area contributed by atoms with Gasteiger partial charge in [-0.25, -0.2) is 0 Å². The summed E-state index contributed by atoms with van der Waals surface area (Å²) in [5, 5.41) is 5.38. The molecular formula is C18H30N4O3. The lowest BCUT2D eigenvalue weighted by Crippen LogP contribution is -2.53. The van der Waals surface area contributed by atoms with E-state index in [0.717, 1.165) is 32.4 Å². The second kappa shape index (κ2) is 8.17. The fraction of sp³-hybridized carbons (Fsp3) is 0.833. The van der Waals surface area contributed by atoms with Crippen molar-refractivity contribution in [2.24, 2.45) is 5.10 Å². The Morgan fingerprint density at radius 1 is 1.12 bits per heavy atom. The smallest absolute Gasteiger partial charge is 0.287 e. The van der Waals surface area contributed by atoms with Gasteiger partial charge in [0, 0.05) is 32.5 Å². The summed E-state index contributed by atoms with van der Waals surface area (Å²) in [7, 11) is 0. The van der Waals surface area contributed by atoms with Crippen LogP contribution in [-0.4, -0.2) is 71.0 Å². The topological polar surface area (TPSA) is 65.5 Å². The number of rotatable bonds is 4. The van der Waals surface area contributed by atoms with Gasteiger partial charge in [-0.15, -0.1) is 5.10 Å². The molecule has 2 amide bonds. The number of hydrazone groups is 1. The average molecular weight is 350 g/mol. The minimum absolute atomic E-state index is 0.137. The quantitative estimate of drug-likeness (QED) is 0.775. The van der Waals surface area contributed by atoms with Gasteiger partial charge in [0.05, 0.1) is 0 Å². The van der Waals surface area contributed by atoms with E-state index < -0.39 is 6.23 Å². The summed E-state index contributed by atoms with van der Waals surface area (Å²) in [4.78, 5) is 29.1. The van der Waals surface area contributed by atoms with E-state index in [1.807, 2.05) is 11.8 Å². The molecule has 0 bridgehead atoms. The molecule has 0 aromatic rings. The molecule has 140 valence electrons. The van der Waals surface area contributed by atoms with Gasteiger partial charge in [0.25, 0.3) is 12.1 Å². The Labute approximate surface area is 150 Å². The first-order valence-corrected chi connectivity index (χ1v) is 9.67. The number of hydrogen-bond donors (Lipinski definition) is 0. The van der Waals surface area contributed by atoms with E-state index in [-0.39, 0.29) is 11.8 Å². The Kier molecular flexibility index (Phi) is 5.93. The number of piperidine rings is 2. The summed E-state index contributed by atoms with van der Waals surface area (Å²) < 4.78 is 5.69. The number of likely N-dealkylation sites (tertiary alicyclic amines) is 2. The van der Waals surface area contributed by atoms with Crippen LogP contribution >= 0.6 is 0 Å². The van der Waals surface area contributed by atoms with Crippen LogP contribution in [0.1, 0.15) is 58.8 Å². The molecule has 3 aliphatic heterocycles. The normalized spacial score (nSPS) is 25.7. The molecule has 0 N–H and O–H groups in total. The third kappa shape index (κ3) is 4.14. The summed E-state index contributed by atoms with van der Waals surface area (Å²) in [6, 6.07) is 0.588. The second-order valence-corrected chi connectivity index (χ2v) is 7.23. The van der Waals surface area contributed by atoms with Crippen LogP contribution in [-0.2, 0) is 14.3 Å². The lowest BCUT2D eigenvalue weighted by Gasteiger charge is -2.40. The highest BCUT2D eigenvalue weighted by Crippen LogP contribution is 2.23. The summed E-state index contributed by atoms with van der Waals surface area (Å²) in [6.07, 6.45) is 6.53. The zero-order chi connectivity index (χ0) is 17.8. The van der Waals surface area contributed by atoms with Crippen molar-refractivity contribution in [1.29, 1.82) is 0 Å². The van der Waals surface area contributed by atoms with Crippen molar-refractivity contribution < 1.29 is 14.3 Å². The zero-order valence-electron chi connectivity index (χ0n) is 15.4. The van der Waals surface area contributed by atoms with Crippen molar-refractivity contribution >= 4 is 17.7 Å². The van der Waals surface area contributed by atoms with Crippen LogP contribution in [0.3, 0.4) is 0 Å². The van der Waals surface area contributed by atoms with Gasteiger partial charge in [-0.1, -0.05) is 13.3 Å². The number of nitrogens with zero attached hydrogens (tertiary/aromatic N) is 4. The van der Waals surface area contributed by atoms with Crippen LogP contribution in [0.2, 0.25) is 0 Å². The Morgan fingerprint density at radius 3 is 2.40 bits per heavy atom. The number of ether oxygens (including phenoxy) is 1. The first-order valence-electron chi connectivity index (χ1n) is 9.67. The van der Waals surface area contributed by atoms with Gasteiger partial charge in [0.2, 0.25) is 11.8 Å². The van der Waals surface area contributed by atoms with E-state index in [4.69, 9.17) is 4.74 Å². The van der Waals surface area contributed by atoms with Gasteiger partial charge in [-0.2, -0.15) is 5.01 Å². The predicted octanol–water partition coefficient (Wildman–Crippen LogP) is 1.78. The van der Waals surface area contributed by atoms with Crippen molar-refractivity contribution in [3.63, 3.8) is 0 Å². The van der Waals surface area contributed by atoms with Gasteiger partial charge in [-0.3, -0.25) is 9.59 Å². The zero-order valence-corrected chi connectivity index (χ0v) is 15.4. The lowest BCUT2D eigenvalue weighted by molar-refractivity contribution is -0.155.